The van der Waals surface area contributed by atoms with E-state index >= 15 is 0 Å². The van der Waals surface area contributed by atoms with Crippen LogP contribution in [-0.4, -0.2) is 17.3 Å². The molecule has 104 valence electrons. The number of aliphatic hydroxyl groups is 1. The van der Waals surface area contributed by atoms with Gasteiger partial charge in [0.25, 0.3) is 0 Å². The average molecular weight is 329 g/mol. The Morgan fingerprint density at radius 1 is 1.26 bits per heavy atom. The van der Waals surface area contributed by atoms with Crippen LogP contribution in [-0.2, 0) is 0 Å². The zero-order valence-corrected chi connectivity index (χ0v) is 12.3. The van der Waals surface area contributed by atoms with Crippen LogP contribution in [0.1, 0.15) is 38.5 Å². The van der Waals surface area contributed by atoms with Crippen molar-refractivity contribution in [3.63, 3.8) is 0 Å². The van der Waals surface area contributed by atoms with Crippen molar-refractivity contribution < 1.29 is 14.2 Å². The molecule has 0 heterocycles. The molecule has 2 fully saturated rings. The average Bonchev–Trinajstić information content (AvgIpc) is 2.43. The fraction of sp³-hybridized carbons (Fsp3) is 0.600. The second-order valence-corrected chi connectivity index (χ2v) is 6.58. The van der Waals surface area contributed by atoms with Crippen LogP contribution in [0, 0.1) is 11.2 Å². The summed E-state index contributed by atoms with van der Waals surface area (Å²) in [5.74, 6) is 0.392. The first-order chi connectivity index (χ1) is 9.12. The zero-order chi connectivity index (χ0) is 13.5. The Hall–Kier alpha value is -0.610. The summed E-state index contributed by atoms with van der Waals surface area (Å²) in [7, 11) is 0. The third-order valence-corrected chi connectivity index (χ3v) is 5.30. The molecule has 2 saturated carbocycles. The molecule has 0 aromatic heterocycles. The highest BCUT2D eigenvalue weighted by Crippen LogP contribution is 2.53. The highest BCUT2D eigenvalue weighted by molar-refractivity contribution is 9.10. The van der Waals surface area contributed by atoms with Crippen molar-refractivity contribution in [1.29, 1.82) is 0 Å². The molecule has 2 aliphatic carbocycles. The van der Waals surface area contributed by atoms with E-state index in [4.69, 9.17) is 4.74 Å². The van der Waals surface area contributed by atoms with Crippen LogP contribution >= 0.6 is 15.9 Å². The molecule has 2 unspecified atom stereocenters. The van der Waals surface area contributed by atoms with Gasteiger partial charge in [0.1, 0.15) is 17.7 Å². The molecule has 1 aromatic carbocycles. The molecule has 1 aromatic rings. The van der Waals surface area contributed by atoms with Crippen molar-refractivity contribution in [2.45, 2.75) is 50.7 Å². The van der Waals surface area contributed by atoms with E-state index in [1.54, 1.807) is 12.1 Å². The van der Waals surface area contributed by atoms with Crippen LogP contribution in [0.2, 0.25) is 0 Å². The van der Waals surface area contributed by atoms with E-state index in [0.29, 0.717) is 16.6 Å². The van der Waals surface area contributed by atoms with Crippen LogP contribution in [0.3, 0.4) is 0 Å². The number of halogens is 2. The SMILES string of the molecule is OC1CC(Oc2ccc(F)c(Br)c2)C12CCCCC2. The summed E-state index contributed by atoms with van der Waals surface area (Å²) >= 11 is 3.17. The summed E-state index contributed by atoms with van der Waals surface area (Å²) in [6.07, 6.45) is 6.20. The number of rotatable bonds is 2. The monoisotopic (exact) mass is 328 g/mol. The highest BCUT2D eigenvalue weighted by Gasteiger charge is 2.56. The standard InChI is InChI=1S/C15H18BrFO2/c16-11-8-10(4-5-12(11)17)19-14-9-13(18)15(14)6-2-1-3-7-15/h4-5,8,13-14,18H,1-3,6-7,9H2. The molecule has 1 N–H and O–H groups in total. The van der Waals surface area contributed by atoms with Gasteiger partial charge in [-0.15, -0.1) is 0 Å². The Bertz CT molecular complexity index is 471. The summed E-state index contributed by atoms with van der Waals surface area (Å²) in [5, 5.41) is 10.1. The predicted molar refractivity (Wildman–Crippen MR) is 74.7 cm³/mol. The van der Waals surface area contributed by atoms with Gasteiger partial charge in [0.2, 0.25) is 0 Å². The molecule has 0 aliphatic heterocycles. The summed E-state index contributed by atoms with van der Waals surface area (Å²) in [5.41, 5.74) is -0.0564. The van der Waals surface area contributed by atoms with Crippen LogP contribution < -0.4 is 4.74 Å². The molecule has 0 bridgehead atoms. The van der Waals surface area contributed by atoms with Crippen molar-refractivity contribution >= 4 is 15.9 Å². The minimum Gasteiger partial charge on any atom is -0.490 e. The van der Waals surface area contributed by atoms with Gasteiger partial charge >= 0.3 is 0 Å². The van der Waals surface area contributed by atoms with Crippen molar-refractivity contribution in [2.75, 3.05) is 0 Å². The fourth-order valence-electron chi connectivity index (χ4n) is 3.47. The lowest BCUT2D eigenvalue weighted by Crippen LogP contribution is -2.60. The van der Waals surface area contributed by atoms with Crippen LogP contribution in [0.25, 0.3) is 0 Å². The summed E-state index contributed by atoms with van der Waals surface area (Å²) in [6.45, 7) is 0. The molecule has 0 radical (unpaired) electrons. The third-order valence-electron chi connectivity index (χ3n) is 4.70. The van der Waals surface area contributed by atoms with Crippen LogP contribution in [0.5, 0.6) is 5.75 Å². The van der Waals surface area contributed by atoms with Crippen molar-refractivity contribution in [1.82, 2.24) is 0 Å². The van der Waals surface area contributed by atoms with Gasteiger partial charge in [-0.3, -0.25) is 0 Å². The normalized spacial score (nSPS) is 29.0. The number of ether oxygens (including phenoxy) is 1. The van der Waals surface area contributed by atoms with E-state index in [-0.39, 0.29) is 23.4 Å². The van der Waals surface area contributed by atoms with Gasteiger partial charge in [-0.05, 0) is 47.0 Å². The van der Waals surface area contributed by atoms with Crippen LogP contribution in [0.4, 0.5) is 4.39 Å². The molecule has 3 rings (SSSR count). The Balaban J connectivity index is 1.74. The van der Waals surface area contributed by atoms with Crippen LogP contribution in [0.15, 0.2) is 22.7 Å². The summed E-state index contributed by atoms with van der Waals surface area (Å²) in [6, 6.07) is 4.72. The lowest BCUT2D eigenvalue weighted by Gasteiger charge is -2.55. The van der Waals surface area contributed by atoms with Crippen molar-refractivity contribution in [3.05, 3.63) is 28.5 Å². The first-order valence-electron chi connectivity index (χ1n) is 6.91. The highest BCUT2D eigenvalue weighted by atomic mass is 79.9. The quantitative estimate of drug-likeness (QED) is 0.887. The molecule has 4 heteroatoms. The van der Waals surface area contributed by atoms with E-state index < -0.39 is 0 Å². The van der Waals surface area contributed by atoms with Gasteiger partial charge in [-0.25, -0.2) is 4.39 Å². The van der Waals surface area contributed by atoms with Gasteiger partial charge in [-0.1, -0.05) is 19.3 Å². The lowest BCUT2D eigenvalue weighted by atomic mass is 9.56. The maximum absolute atomic E-state index is 13.2. The molecule has 2 aliphatic rings. The molecule has 0 saturated heterocycles. The van der Waals surface area contributed by atoms with Gasteiger partial charge < -0.3 is 9.84 Å². The lowest BCUT2D eigenvalue weighted by molar-refractivity contribution is -0.172. The number of hydrogen-bond acceptors (Lipinski definition) is 2. The second kappa shape index (κ2) is 5.06. The fourth-order valence-corrected chi connectivity index (χ4v) is 3.83. The van der Waals surface area contributed by atoms with E-state index in [2.05, 4.69) is 15.9 Å². The molecular weight excluding hydrogens is 311 g/mol. The largest absolute Gasteiger partial charge is 0.490 e. The number of benzene rings is 1. The summed E-state index contributed by atoms with van der Waals surface area (Å²) < 4.78 is 19.6. The van der Waals surface area contributed by atoms with E-state index in [1.165, 1.54) is 25.3 Å². The predicted octanol–water partition coefficient (Wildman–Crippen LogP) is 4.05. The Kier molecular flexibility index (Phi) is 3.56. The minimum absolute atomic E-state index is 0.0564. The van der Waals surface area contributed by atoms with Gasteiger partial charge in [0.15, 0.2) is 0 Å². The van der Waals surface area contributed by atoms with E-state index in [0.717, 1.165) is 12.8 Å². The molecule has 2 nitrogen and oxygen atoms in total. The van der Waals surface area contributed by atoms with E-state index in [9.17, 15) is 9.50 Å². The number of aliphatic hydroxyl groups excluding tert-OH is 1. The first-order valence-corrected chi connectivity index (χ1v) is 7.71. The van der Waals surface area contributed by atoms with Crippen molar-refractivity contribution in [3.8, 4) is 5.75 Å². The van der Waals surface area contributed by atoms with Gasteiger partial charge in [0.05, 0.1) is 10.6 Å². The van der Waals surface area contributed by atoms with Gasteiger partial charge in [0, 0.05) is 11.8 Å². The van der Waals surface area contributed by atoms with E-state index in [1.807, 2.05) is 0 Å². The van der Waals surface area contributed by atoms with Gasteiger partial charge in [-0.2, -0.15) is 0 Å². The Morgan fingerprint density at radius 3 is 2.63 bits per heavy atom. The molecular formula is C15H18BrFO2. The smallest absolute Gasteiger partial charge is 0.137 e. The zero-order valence-electron chi connectivity index (χ0n) is 10.7. The minimum atomic E-state index is -0.284. The number of hydrogen-bond donors (Lipinski definition) is 1. The third kappa shape index (κ3) is 2.29. The molecule has 0 amide bonds. The Labute approximate surface area is 121 Å². The maximum Gasteiger partial charge on any atom is 0.137 e. The maximum atomic E-state index is 13.2. The second-order valence-electron chi connectivity index (χ2n) is 5.73. The Morgan fingerprint density at radius 2 is 2.00 bits per heavy atom. The summed E-state index contributed by atoms with van der Waals surface area (Å²) in [4.78, 5) is 0. The first kappa shape index (κ1) is 13.4. The molecule has 19 heavy (non-hydrogen) atoms. The topological polar surface area (TPSA) is 29.5 Å². The molecule has 2 atom stereocenters. The van der Waals surface area contributed by atoms with Crippen molar-refractivity contribution in [2.24, 2.45) is 5.41 Å². The molecule has 1 spiro atoms.